The molecule has 0 spiro atoms. The largest absolute Gasteiger partial charge is 0.497 e. The van der Waals surface area contributed by atoms with Crippen LogP contribution in [-0.2, 0) is 11.3 Å². The standard InChI is InChI=1S/C35H45N3O2/c1-6-37(7-2)22-10-11-27(4)36-35(39)23-32(29-18-14-26(3)15-19-29)33-25-38(34-13-9-8-12-31(33)34)24-28-16-20-30(40-5)21-17-28/h8-9,12-21,25,27,32H,6-7,10-11,22-24H2,1-5H3,(H,36,39)/t27-,32-/m1/s1. The minimum Gasteiger partial charge on any atom is -0.497 e. The van der Waals surface area contributed by atoms with Gasteiger partial charge in [-0.2, -0.15) is 0 Å². The molecule has 3 aromatic carbocycles. The molecular formula is C35H45N3O2. The average Bonchev–Trinajstić information content (AvgIpc) is 3.33. The molecule has 0 bridgehead atoms. The van der Waals surface area contributed by atoms with Crippen molar-refractivity contribution < 1.29 is 9.53 Å². The van der Waals surface area contributed by atoms with E-state index in [9.17, 15) is 4.79 Å². The van der Waals surface area contributed by atoms with Crippen LogP contribution in [-0.4, -0.2) is 48.2 Å². The molecule has 0 saturated heterocycles. The number of nitrogens with zero attached hydrogens (tertiary/aromatic N) is 2. The van der Waals surface area contributed by atoms with E-state index in [0.717, 1.165) is 44.8 Å². The minimum absolute atomic E-state index is 0.0366. The molecule has 0 saturated carbocycles. The number of amides is 1. The van der Waals surface area contributed by atoms with Crippen LogP contribution in [0.3, 0.4) is 0 Å². The average molecular weight is 540 g/mol. The van der Waals surface area contributed by atoms with E-state index >= 15 is 0 Å². The molecule has 40 heavy (non-hydrogen) atoms. The van der Waals surface area contributed by atoms with Crippen molar-refractivity contribution in [3.8, 4) is 5.75 Å². The van der Waals surface area contributed by atoms with Crippen molar-refractivity contribution in [2.75, 3.05) is 26.7 Å². The zero-order valence-electron chi connectivity index (χ0n) is 24.8. The predicted octanol–water partition coefficient (Wildman–Crippen LogP) is 7.16. The summed E-state index contributed by atoms with van der Waals surface area (Å²) in [7, 11) is 1.69. The molecular weight excluding hydrogens is 494 g/mol. The van der Waals surface area contributed by atoms with E-state index in [1.54, 1.807) is 7.11 Å². The van der Waals surface area contributed by atoms with Crippen LogP contribution in [0.4, 0.5) is 0 Å². The molecule has 1 heterocycles. The summed E-state index contributed by atoms with van der Waals surface area (Å²) in [6, 6.07) is 25.6. The van der Waals surface area contributed by atoms with E-state index in [4.69, 9.17) is 4.74 Å². The van der Waals surface area contributed by atoms with Crippen LogP contribution in [0, 0.1) is 6.92 Å². The summed E-state index contributed by atoms with van der Waals surface area (Å²) in [6.07, 6.45) is 4.74. The first kappa shape index (κ1) is 29.4. The van der Waals surface area contributed by atoms with Gasteiger partial charge in [0, 0.05) is 42.0 Å². The molecule has 5 heteroatoms. The van der Waals surface area contributed by atoms with Crippen LogP contribution < -0.4 is 10.1 Å². The monoisotopic (exact) mass is 539 g/mol. The van der Waals surface area contributed by atoms with Gasteiger partial charge in [0.05, 0.1) is 7.11 Å². The van der Waals surface area contributed by atoms with Crippen LogP contribution >= 0.6 is 0 Å². The third-order valence-corrected chi connectivity index (χ3v) is 7.99. The van der Waals surface area contributed by atoms with Crippen LogP contribution in [0.15, 0.2) is 79.0 Å². The fourth-order valence-electron chi connectivity index (χ4n) is 5.57. The van der Waals surface area contributed by atoms with E-state index in [2.05, 4.69) is 109 Å². The number of rotatable bonds is 14. The van der Waals surface area contributed by atoms with Gasteiger partial charge in [0.2, 0.25) is 5.91 Å². The van der Waals surface area contributed by atoms with E-state index in [1.807, 2.05) is 12.1 Å². The lowest BCUT2D eigenvalue weighted by atomic mass is 9.87. The quantitative estimate of drug-likeness (QED) is 0.185. The summed E-state index contributed by atoms with van der Waals surface area (Å²) < 4.78 is 7.65. The number of aryl methyl sites for hydroxylation is 1. The molecule has 0 unspecified atom stereocenters. The predicted molar refractivity (Wildman–Crippen MR) is 166 cm³/mol. The molecule has 212 valence electrons. The first-order valence-corrected chi connectivity index (χ1v) is 14.7. The van der Waals surface area contributed by atoms with E-state index in [1.165, 1.54) is 33.2 Å². The Morgan fingerprint density at radius 3 is 2.35 bits per heavy atom. The molecule has 1 N–H and O–H groups in total. The van der Waals surface area contributed by atoms with Crippen molar-refractivity contribution in [1.82, 2.24) is 14.8 Å². The van der Waals surface area contributed by atoms with Crippen molar-refractivity contribution in [2.45, 2.75) is 65.5 Å². The Bertz CT molecular complexity index is 1350. The summed E-state index contributed by atoms with van der Waals surface area (Å²) in [5.74, 6) is 0.924. The fourth-order valence-corrected chi connectivity index (χ4v) is 5.57. The summed E-state index contributed by atoms with van der Waals surface area (Å²) in [4.78, 5) is 15.9. The second-order valence-electron chi connectivity index (χ2n) is 10.9. The number of hydrogen-bond donors (Lipinski definition) is 1. The Labute approximate surface area is 240 Å². The van der Waals surface area contributed by atoms with Gasteiger partial charge in [-0.15, -0.1) is 0 Å². The third-order valence-electron chi connectivity index (χ3n) is 7.99. The zero-order valence-corrected chi connectivity index (χ0v) is 24.8. The van der Waals surface area contributed by atoms with Crippen molar-refractivity contribution >= 4 is 16.8 Å². The molecule has 4 aromatic rings. The number of methoxy groups -OCH3 is 1. The molecule has 0 radical (unpaired) electrons. The minimum atomic E-state index is -0.0366. The smallest absolute Gasteiger partial charge is 0.221 e. The number of carbonyl (C=O) groups excluding carboxylic acids is 1. The Kier molecular flexibility index (Phi) is 10.4. The highest BCUT2D eigenvalue weighted by Crippen LogP contribution is 2.35. The zero-order chi connectivity index (χ0) is 28.5. The molecule has 2 atom stereocenters. The van der Waals surface area contributed by atoms with Gasteiger partial charge < -0.3 is 19.5 Å². The Morgan fingerprint density at radius 2 is 1.68 bits per heavy atom. The Balaban J connectivity index is 1.58. The van der Waals surface area contributed by atoms with Crippen molar-refractivity contribution in [1.29, 1.82) is 0 Å². The van der Waals surface area contributed by atoms with Crippen LogP contribution in [0.1, 0.15) is 68.2 Å². The van der Waals surface area contributed by atoms with Crippen LogP contribution in [0.2, 0.25) is 0 Å². The fraction of sp³-hybridized carbons (Fsp3) is 0.400. The summed E-state index contributed by atoms with van der Waals surface area (Å²) >= 11 is 0. The lowest BCUT2D eigenvalue weighted by molar-refractivity contribution is -0.121. The van der Waals surface area contributed by atoms with Gasteiger partial charge in [0.15, 0.2) is 0 Å². The van der Waals surface area contributed by atoms with Crippen LogP contribution in [0.5, 0.6) is 5.75 Å². The molecule has 1 amide bonds. The molecule has 0 aliphatic carbocycles. The first-order chi connectivity index (χ1) is 19.4. The Morgan fingerprint density at radius 1 is 0.975 bits per heavy atom. The van der Waals surface area contributed by atoms with E-state index in [-0.39, 0.29) is 17.9 Å². The van der Waals surface area contributed by atoms with Crippen molar-refractivity contribution in [2.24, 2.45) is 0 Å². The number of para-hydroxylation sites is 1. The van der Waals surface area contributed by atoms with Gasteiger partial charge >= 0.3 is 0 Å². The van der Waals surface area contributed by atoms with Crippen LogP contribution in [0.25, 0.3) is 10.9 Å². The highest BCUT2D eigenvalue weighted by atomic mass is 16.5. The summed E-state index contributed by atoms with van der Waals surface area (Å²) in [6.45, 7) is 12.6. The maximum Gasteiger partial charge on any atom is 0.221 e. The highest BCUT2D eigenvalue weighted by Gasteiger charge is 2.23. The molecule has 0 aliphatic rings. The first-order valence-electron chi connectivity index (χ1n) is 14.7. The van der Waals surface area contributed by atoms with Crippen molar-refractivity contribution in [3.63, 3.8) is 0 Å². The highest BCUT2D eigenvalue weighted by molar-refractivity contribution is 5.87. The van der Waals surface area contributed by atoms with Gasteiger partial charge in [-0.3, -0.25) is 4.79 Å². The number of benzene rings is 3. The number of aromatic nitrogens is 1. The second-order valence-corrected chi connectivity index (χ2v) is 10.9. The maximum atomic E-state index is 13.4. The normalized spacial score (nSPS) is 12.9. The number of fused-ring (bicyclic) bond motifs is 1. The Hall–Kier alpha value is -3.57. The van der Waals surface area contributed by atoms with E-state index < -0.39 is 0 Å². The molecule has 4 rings (SSSR count). The van der Waals surface area contributed by atoms with Gasteiger partial charge in [-0.25, -0.2) is 0 Å². The van der Waals surface area contributed by atoms with Gasteiger partial charge in [-0.1, -0.05) is 74.0 Å². The van der Waals surface area contributed by atoms with Gasteiger partial charge in [0.25, 0.3) is 0 Å². The molecule has 0 aliphatic heterocycles. The lowest BCUT2D eigenvalue weighted by Gasteiger charge is -2.21. The van der Waals surface area contributed by atoms with E-state index in [0.29, 0.717) is 6.42 Å². The summed E-state index contributed by atoms with van der Waals surface area (Å²) in [5.41, 5.74) is 5.96. The number of ether oxygens (including phenoxy) is 1. The SMILES string of the molecule is CCN(CC)CCC[C@@H](C)NC(=O)C[C@H](c1ccc(C)cc1)c1cn(Cc2ccc(OC)cc2)c2ccccc12. The molecule has 1 aromatic heterocycles. The maximum absolute atomic E-state index is 13.4. The number of carbonyl (C=O) groups is 1. The third kappa shape index (κ3) is 7.54. The second kappa shape index (κ2) is 14.2. The summed E-state index contributed by atoms with van der Waals surface area (Å²) in [5, 5.41) is 4.50. The van der Waals surface area contributed by atoms with Gasteiger partial charge in [0.1, 0.15) is 5.75 Å². The number of nitrogens with one attached hydrogen (secondary N) is 1. The lowest BCUT2D eigenvalue weighted by Crippen LogP contribution is -2.34. The molecule has 5 nitrogen and oxygen atoms in total. The topological polar surface area (TPSA) is 46.5 Å². The van der Waals surface area contributed by atoms with Crippen molar-refractivity contribution in [3.05, 3.63) is 101 Å². The number of hydrogen-bond acceptors (Lipinski definition) is 3. The molecule has 0 fully saturated rings. The van der Waals surface area contributed by atoms with Gasteiger partial charge in [-0.05, 0) is 81.2 Å².